The van der Waals surface area contributed by atoms with Crippen molar-refractivity contribution in [1.82, 2.24) is 4.98 Å². The first-order valence-corrected chi connectivity index (χ1v) is 9.07. The highest BCUT2D eigenvalue weighted by Crippen LogP contribution is 2.27. The van der Waals surface area contributed by atoms with Crippen LogP contribution in [0.5, 0.6) is 0 Å². The normalized spacial score (nSPS) is 13.1. The molecule has 0 aliphatic heterocycles. The minimum Gasteiger partial charge on any atom is -0.378 e. The monoisotopic (exact) mass is 325 g/mol. The Morgan fingerprint density at radius 1 is 1.29 bits per heavy atom. The Balaban J connectivity index is 2.08. The molecule has 2 rings (SSSR count). The molecule has 1 aromatic heterocycles. The lowest BCUT2D eigenvalue weighted by molar-refractivity contribution is 0.597. The molecular formula is C14H19N3O2S2. The van der Waals surface area contributed by atoms with E-state index in [4.69, 9.17) is 5.14 Å². The number of benzene rings is 1. The molecule has 7 heteroatoms. The summed E-state index contributed by atoms with van der Waals surface area (Å²) in [7, 11) is -3.49. The summed E-state index contributed by atoms with van der Waals surface area (Å²) in [4.78, 5) is 5.64. The van der Waals surface area contributed by atoms with E-state index in [1.165, 1.54) is 4.88 Å². The average Bonchev–Trinajstić information content (AvgIpc) is 2.69. The Bertz CT molecular complexity index is 721. The zero-order valence-corrected chi connectivity index (χ0v) is 13.9. The lowest BCUT2D eigenvalue weighted by Gasteiger charge is -2.14. The molecule has 0 amide bonds. The maximum atomic E-state index is 11.0. The fraction of sp³-hybridized carbons (Fsp3) is 0.357. The molecule has 1 unspecified atom stereocenters. The zero-order valence-electron chi connectivity index (χ0n) is 12.3. The summed E-state index contributed by atoms with van der Waals surface area (Å²) in [5, 5.41) is 9.48. The van der Waals surface area contributed by atoms with E-state index in [0.717, 1.165) is 16.4 Å². The molecule has 0 bridgehead atoms. The molecule has 0 fully saturated rings. The summed E-state index contributed by atoms with van der Waals surface area (Å²) >= 11 is 1.68. The SMILES string of the molecule is Cc1nc(C)c(C(C)Nc2ccc(CS(N)(=O)=O)cc2)s1. The maximum absolute atomic E-state index is 11.0. The van der Waals surface area contributed by atoms with E-state index in [-0.39, 0.29) is 11.8 Å². The van der Waals surface area contributed by atoms with Gasteiger partial charge in [0.05, 0.1) is 22.5 Å². The van der Waals surface area contributed by atoms with Gasteiger partial charge in [0.25, 0.3) is 0 Å². The third kappa shape index (κ3) is 4.52. The van der Waals surface area contributed by atoms with Crippen LogP contribution in [0.1, 0.15) is 34.1 Å². The Hall–Kier alpha value is -1.44. The van der Waals surface area contributed by atoms with Crippen molar-refractivity contribution in [2.45, 2.75) is 32.6 Å². The predicted octanol–water partition coefficient (Wildman–Crippen LogP) is 2.72. The maximum Gasteiger partial charge on any atom is 0.213 e. The highest BCUT2D eigenvalue weighted by molar-refractivity contribution is 7.88. The van der Waals surface area contributed by atoms with Crippen molar-refractivity contribution in [3.8, 4) is 0 Å². The van der Waals surface area contributed by atoms with Crippen LogP contribution in [0.15, 0.2) is 24.3 Å². The third-order valence-electron chi connectivity index (χ3n) is 3.04. The van der Waals surface area contributed by atoms with Crippen LogP contribution in [-0.2, 0) is 15.8 Å². The van der Waals surface area contributed by atoms with Gasteiger partial charge in [0, 0.05) is 10.6 Å². The van der Waals surface area contributed by atoms with Crippen LogP contribution in [-0.4, -0.2) is 13.4 Å². The van der Waals surface area contributed by atoms with Gasteiger partial charge in [-0.1, -0.05) is 12.1 Å². The van der Waals surface area contributed by atoms with Crippen LogP contribution in [0.3, 0.4) is 0 Å². The number of sulfonamides is 1. The molecule has 0 saturated carbocycles. The lowest BCUT2D eigenvalue weighted by atomic mass is 10.2. The summed E-state index contributed by atoms with van der Waals surface area (Å²) in [6.45, 7) is 6.08. The average molecular weight is 325 g/mol. The summed E-state index contributed by atoms with van der Waals surface area (Å²) < 4.78 is 22.1. The van der Waals surface area contributed by atoms with Gasteiger partial charge in [0.1, 0.15) is 0 Å². The Kier molecular flexibility index (Phi) is 4.65. The van der Waals surface area contributed by atoms with Gasteiger partial charge in [0.15, 0.2) is 0 Å². The second kappa shape index (κ2) is 6.13. The topological polar surface area (TPSA) is 85.1 Å². The van der Waals surface area contributed by atoms with Crippen molar-refractivity contribution in [2.24, 2.45) is 5.14 Å². The molecule has 0 spiro atoms. The molecule has 1 heterocycles. The number of aromatic nitrogens is 1. The van der Waals surface area contributed by atoms with Crippen LogP contribution in [0.4, 0.5) is 5.69 Å². The summed E-state index contributed by atoms with van der Waals surface area (Å²) in [5.74, 6) is -0.143. The number of nitrogens with one attached hydrogen (secondary N) is 1. The van der Waals surface area contributed by atoms with Crippen molar-refractivity contribution < 1.29 is 8.42 Å². The smallest absolute Gasteiger partial charge is 0.213 e. The molecule has 5 nitrogen and oxygen atoms in total. The summed E-state index contributed by atoms with van der Waals surface area (Å²) in [6.07, 6.45) is 0. The molecular weight excluding hydrogens is 306 g/mol. The van der Waals surface area contributed by atoms with Crippen molar-refractivity contribution in [1.29, 1.82) is 0 Å². The molecule has 21 heavy (non-hydrogen) atoms. The van der Waals surface area contributed by atoms with Gasteiger partial charge in [-0.15, -0.1) is 11.3 Å². The Morgan fingerprint density at radius 2 is 1.90 bits per heavy atom. The van der Waals surface area contributed by atoms with E-state index in [2.05, 4.69) is 17.2 Å². The van der Waals surface area contributed by atoms with E-state index in [0.29, 0.717) is 5.56 Å². The molecule has 1 atom stereocenters. The fourth-order valence-electron chi connectivity index (χ4n) is 2.19. The number of nitrogens with two attached hydrogens (primary N) is 1. The van der Waals surface area contributed by atoms with Gasteiger partial charge in [-0.05, 0) is 38.5 Å². The van der Waals surface area contributed by atoms with Crippen molar-refractivity contribution in [3.63, 3.8) is 0 Å². The van der Waals surface area contributed by atoms with Crippen molar-refractivity contribution >= 4 is 27.0 Å². The highest BCUT2D eigenvalue weighted by atomic mass is 32.2. The first-order chi connectivity index (χ1) is 9.74. The van der Waals surface area contributed by atoms with E-state index in [1.807, 2.05) is 26.0 Å². The molecule has 2 aromatic rings. The second-order valence-electron chi connectivity index (χ2n) is 5.05. The van der Waals surface area contributed by atoms with E-state index in [1.54, 1.807) is 23.5 Å². The van der Waals surface area contributed by atoms with Crippen LogP contribution in [0.2, 0.25) is 0 Å². The Morgan fingerprint density at radius 3 is 2.38 bits per heavy atom. The number of hydrogen-bond donors (Lipinski definition) is 2. The molecule has 0 radical (unpaired) electrons. The quantitative estimate of drug-likeness (QED) is 0.885. The van der Waals surface area contributed by atoms with Crippen LogP contribution >= 0.6 is 11.3 Å². The third-order valence-corrected chi connectivity index (χ3v) is 5.03. The number of thiazole rings is 1. The van der Waals surface area contributed by atoms with Gasteiger partial charge in [-0.25, -0.2) is 18.5 Å². The number of primary sulfonamides is 1. The summed E-state index contributed by atoms with van der Waals surface area (Å²) in [5.41, 5.74) is 2.66. The molecule has 1 aromatic carbocycles. The van der Waals surface area contributed by atoms with Crippen molar-refractivity contribution in [2.75, 3.05) is 5.32 Å². The largest absolute Gasteiger partial charge is 0.378 e. The number of anilines is 1. The zero-order chi connectivity index (χ0) is 15.6. The number of nitrogens with zero attached hydrogens (tertiary/aromatic N) is 1. The Labute approximate surface area is 129 Å². The first-order valence-electron chi connectivity index (χ1n) is 6.54. The minimum atomic E-state index is -3.49. The van der Waals surface area contributed by atoms with Gasteiger partial charge < -0.3 is 5.32 Å². The van der Waals surface area contributed by atoms with Crippen LogP contribution in [0, 0.1) is 13.8 Å². The van der Waals surface area contributed by atoms with Crippen LogP contribution < -0.4 is 10.5 Å². The number of hydrogen-bond acceptors (Lipinski definition) is 5. The van der Waals surface area contributed by atoms with Gasteiger partial charge in [-0.3, -0.25) is 0 Å². The molecule has 3 N–H and O–H groups in total. The molecule has 0 saturated heterocycles. The predicted molar refractivity (Wildman–Crippen MR) is 86.9 cm³/mol. The number of aryl methyl sites for hydroxylation is 2. The number of rotatable bonds is 5. The van der Waals surface area contributed by atoms with E-state index < -0.39 is 10.0 Å². The fourth-order valence-corrected chi connectivity index (χ4v) is 3.78. The molecule has 114 valence electrons. The van der Waals surface area contributed by atoms with Gasteiger partial charge in [-0.2, -0.15) is 0 Å². The van der Waals surface area contributed by atoms with Gasteiger partial charge in [0.2, 0.25) is 10.0 Å². The van der Waals surface area contributed by atoms with E-state index in [9.17, 15) is 8.42 Å². The lowest BCUT2D eigenvalue weighted by Crippen LogP contribution is -2.14. The molecule has 0 aliphatic rings. The van der Waals surface area contributed by atoms with E-state index >= 15 is 0 Å². The van der Waals surface area contributed by atoms with Crippen molar-refractivity contribution in [3.05, 3.63) is 45.4 Å². The summed E-state index contributed by atoms with van der Waals surface area (Å²) in [6, 6.07) is 7.41. The standard InChI is InChI=1S/C14H19N3O2S2/c1-9-14(20-11(3)16-9)10(2)17-13-6-4-12(5-7-13)8-21(15,18)19/h4-7,10,17H,8H2,1-3H3,(H2,15,18,19). The molecule has 0 aliphatic carbocycles. The van der Waals surface area contributed by atoms with Gasteiger partial charge >= 0.3 is 0 Å². The highest BCUT2D eigenvalue weighted by Gasteiger charge is 2.13. The van der Waals surface area contributed by atoms with Crippen LogP contribution in [0.25, 0.3) is 0 Å². The second-order valence-corrected chi connectivity index (χ2v) is 7.90. The minimum absolute atomic E-state index is 0.143. The first kappa shape index (κ1) is 15.9.